The molecule has 106 valence electrons. The Morgan fingerprint density at radius 2 is 1.95 bits per heavy atom. The zero-order chi connectivity index (χ0) is 14.0. The second-order valence-corrected chi connectivity index (χ2v) is 7.56. The summed E-state index contributed by atoms with van der Waals surface area (Å²) in [4.78, 5) is 6.66. The number of hydrogen-bond acceptors (Lipinski definition) is 5. The fraction of sp³-hybridized carbons (Fsp3) is 0.615. The van der Waals surface area contributed by atoms with Crippen LogP contribution < -0.4 is 10.6 Å². The van der Waals surface area contributed by atoms with Gasteiger partial charge in [0.05, 0.1) is 11.5 Å². The quantitative estimate of drug-likeness (QED) is 0.892. The molecule has 0 unspecified atom stereocenters. The molecule has 0 spiro atoms. The van der Waals surface area contributed by atoms with Crippen LogP contribution in [0.25, 0.3) is 0 Å². The molecule has 0 radical (unpaired) electrons. The minimum Gasteiger partial charge on any atom is -0.355 e. The number of nitrogens with zero attached hydrogens (tertiary/aromatic N) is 2. The fourth-order valence-corrected chi connectivity index (χ4v) is 3.31. The lowest BCUT2D eigenvalue weighted by atomic mass is 10.1. The van der Waals surface area contributed by atoms with E-state index in [1.54, 1.807) is 0 Å². The lowest BCUT2D eigenvalue weighted by molar-refractivity contribution is 0.586. The Hall–Kier alpha value is -1.14. The van der Waals surface area contributed by atoms with Crippen LogP contribution in [0.2, 0.25) is 0 Å². The summed E-state index contributed by atoms with van der Waals surface area (Å²) in [5, 5.41) is 0. The van der Waals surface area contributed by atoms with E-state index in [1.807, 2.05) is 17.0 Å². The van der Waals surface area contributed by atoms with Crippen LogP contribution in [0.1, 0.15) is 31.0 Å². The van der Waals surface area contributed by atoms with Gasteiger partial charge >= 0.3 is 0 Å². The van der Waals surface area contributed by atoms with Crippen LogP contribution in [0.5, 0.6) is 0 Å². The molecule has 1 aromatic heterocycles. The molecule has 0 aromatic carbocycles. The standard InChI is InChI=1S/C13H21N3O2S/c1-10(2)12-7-11(9-14)8-13(15-12)16-3-5-19(17,18)6-4-16/h7-8,10H,3-6,9,14H2,1-2H3. The van der Waals surface area contributed by atoms with Crippen LogP contribution in [0.15, 0.2) is 12.1 Å². The minimum absolute atomic E-state index is 0.207. The minimum atomic E-state index is -2.86. The summed E-state index contributed by atoms with van der Waals surface area (Å²) >= 11 is 0. The van der Waals surface area contributed by atoms with Crippen LogP contribution in [-0.2, 0) is 16.4 Å². The van der Waals surface area contributed by atoms with Crippen LogP contribution in [-0.4, -0.2) is 38.0 Å². The van der Waals surface area contributed by atoms with Gasteiger partial charge in [-0.3, -0.25) is 0 Å². The number of sulfone groups is 1. The van der Waals surface area contributed by atoms with Crippen molar-refractivity contribution in [1.82, 2.24) is 4.98 Å². The van der Waals surface area contributed by atoms with Crippen LogP contribution in [0, 0.1) is 0 Å². The molecular weight excluding hydrogens is 262 g/mol. The Kier molecular flexibility index (Phi) is 4.10. The molecule has 2 N–H and O–H groups in total. The number of pyridine rings is 1. The molecule has 0 bridgehead atoms. The van der Waals surface area contributed by atoms with Gasteiger partial charge < -0.3 is 10.6 Å². The molecule has 2 heterocycles. The molecule has 5 nitrogen and oxygen atoms in total. The van der Waals surface area contributed by atoms with Gasteiger partial charge in [-0.2, -0.15) is 0 Å². The summed E-state index contributed by atoms with van der Waals surface area (Å²) in [7, 11) is -2.86. The van der Waals surface area contributed by atoms with Crippen molar-refractivity contribution in [3.8, 4) is 0 Å². The number of hydrogen-bond donors (Lipinski definition) is 1. The van der Waals surface area contributed by atoms with Gasteiger partial charge in [-0.25, -0.2) is 13.4 Å². The van der Waals surface area contributed by atoms with Crippen LogP contribution in [0.4, 0.5) is 5.82 Å². The second kappa shape index (κ2) is 5.46. The molecule has 1 aliphatic rings. The maximum Gasteiger partial charge on any atom is 0.153 e. The van der Waals surface area contributed by atoms with Gasteiger partial charge in [0.15, 0.2) is 9.84 Å². The average Bonchev–Trinajstić information content (AvgIpc) is 2.38. The first-order valence-electron chi connectivity index (χ1n) is 6.57. The molecule has 0 amide bonds. The van der Waals surface area contributed by atoms with E-state index in [0.717, 1.165) is 17.1 Å². The first-order valence-corrected chi connectivity index (χ1v) is 8.40. The van der Waals surface area contributed by atoms with E-state index >= 15 is 0 Å². The monoisotopic (exact) mass is 283 g/mol. The first kappa shape index (κ1) is 14.3. The molecule has 0 atom stereocenters. The lowest BCUT2D eigenvalue weighted by Crippen LogP contribution is -2.40. The van der Waals surface area contributed by atoms with Crippen molar-refractivity contribution < 1.29 is 8.42 Å². The third-order valence-corrected chi connectivity index (χ3v) is 5.00. The van der Waals surface area contributed by atoms with Crippen molar-refractivity contribution in [3.63, 3.8) is 0 Å². The number of aromatic nitrogens is 1. The van der Waals surface area contributed by atoms with Crippen LogP contribution in [0.3, 0.4) is 0 Å². The predicted molar refractivity (Wildman–Crippen MR) is 77.1 cm³/mol. The van der Waals surface area contributed by atoms with E-state index in [2.05, 4.69) is 18.8 Å². The molecule has 2 rings (SSSR count). The highest BCUT2D eigenvalue weighted by Crippen LogP contribution is 2.21. The molecular formula is C13H21N3O2S. The van der Waals surface area contributed by atoms with E-state index in [-0.39, 0.29) is 11.5 Å². The topological polar surface area (TPSA) is 76.3 Å². The SMILES string of the molecule is CC(C)c1cc(CN)cc(N2CCS(=O)(=O)CC2)n1. The zero-order valence-electron chi connectivity index (χ0n) is 11.5. The third kappa shape index (κ3) is 3.45. The molecule has 1 fully saturated rings. The third-order valence-electron chi connectivity index (χ3n) is 3.39. The summed E-state index contributed by atoms with van der Waals surface area (Å²) < 4.78 is 22.9. The van der Waals surface area contributed by atoms with Crippen molar-refractivity contribution in [3.05, 3.63) is 23.4 Å². The first-order chi connectivity index (χ1) is 8.91. The van der Waals surface area contributed by atoms with E-state index < -0.39 is 9.84 Å². The Labute approximate surface area is 114 Å². The van der Waals surface area contributed by atoms with E-state index in [9.17, 15) is 8.42 Å². The van der Waals surface area contributed by atoms with Gasteiger partial charge in [0.2, 0.25) is 0 Å². The van der Waals surface area contributed by atoms with Crippen LogP contribution >= 0.6 is 0 Å². The van der Waals surface area contributed by atoms with Crippen molar-refractivity contribution in [1.29, 1.82) is 0 Å². The van der Waals surface area contributed by atoms with Gasteiger partial charge in [0, 0.05) is 25.3 Å². The second-order valence-electron chi connectivity index (χ2n) is 5.26. The van der Waals surface area contributed by atoms with Gasteiger partial charge in [0.1, 0.15) is 5.82 Å². The highest BCUT2D eigenvalue weighted by atomic mass is 32.2. The molecule has 19 heavy (non-hydrogen) atoms. The van der Waals surface area contributed by atoms with Gasteiger partial charge in [-0.1, -0.05) is 13.8 Å². The summed E-state index contributed by atoms with van der Waals surface area (Å²) in [6.45, 7) is 5.68. The number of anilines is 1. The largest absolute Gasteiger partial charge is 0.355 e. The summed E-state index contributed by atoms with van der Waals surface area (Å²) in [5.74, 6) is 1.59. The Morgan fingerprint density at radius 1 is 1.32 bits per heavy atom. The number of nitrogens with two attached hydrogens (primary N) is 1. The van der Waals surface area contributed by atoms with E-state index in [0.29, 0.717) is 25.6 Å². The van der Waals surface area contributed by atoms with Crippen molar-refractivity contribution in [2.45, 2.75) is 26.3 Å². The van der Waals surface area contributed by atoms with E-state index in [4.69, 9.17) is 5.73 Å². The van der Waals surface area contributed by atoms with Crippen molar-refractivity contribution in [2.24, 2.45) is 5.73 Å². The van der Waals surface area contributed by atoms with Gasteiger partial charge in [-0.15, -0.1) is 0 Å². The van der Waals surface area contributed by atoms with Crippen molar-refractivity contribution >= 4 is 15.7 Å². The lowest BCUT2D eigenvalue weighted by Gasteiger charge is -2.28. The number of rotatable bonds is 3. The van der Waals surface area contributed by atoms with E-state index in [1.165, 1.54) is 0 Å². The van der Waals surface area contributed by atoms with Gasteiger partial charge in [0.25, 0.3) is 0 Å². The maximum absolute atomic E-state index is 11.5. The maximum atomic E-state index is 11.5. The Morgan fingerprint density at radius 3 is 2.47 bits per heavy atom. The average molecular weight is 283 g/mol. The fourth-order valence-electron chi connectivity index (χ4n) is 2.11. The molecule has 6 heteroatoms. The summed E-state index contributed by atoms with van der Waals surface area (Å²) in [6.07, 6.45) is 0. The zero-order valence-corrected chi connectivity index (χ0v) is 12.3. The molecule has 0 aliphatic carbocycles. The molecule has 0 saturated carbocycles. The Bertz CT molecular complexity index is 541. The molecule has 1 saturated heterocycles. The van der Waals surface area contributed by atoms with Gasteiger partial charge in [-0.05, 0) is 23.6 Å². The molecule has 1 aromatic rings. The molecule has 1 aliphatic heterocycles. The smallest absolute Gasteiger partial charge is 0.153 e. The highest BCUT2D eigenvalue weighted by Gasteiger charge is 2.23. The van der Waals surface area contributed by atoms with Crippen molar-refractivity contribution in [2.75, 3.05) is 29.5 Å². The summed E-state index contributed by atoms with van der Waals surface area (Å²) in [5.41, 5.74) is 7.77. The normalized spacial score (nSPS) is 18.8. The Balaban J connectivity index is 2.27. The predicted octanol–water partition coefficient (Wildman–Crippen LogP) is 0.899. The highest BCUT2D eigenvalue weighted by molar-refractivity contribution is 7.91. The summed E-state index contributed by atoms with van der Waals surface area (Å²) in [6, 6.07) is 3.98.